The van der Waals surface area contributed by atoms with E-state index in [9.17, 15) is 102 Å². The second-order valence-corrected chi connectivity index (χ2v) is 25.2. The van der Waals surface area contributed by atoms with Crippen molar-refractivity contribution in [1.82, 2.24) is 85.1 Å². The third kappa shape index (κ3) is 31.3. The Morgan fingerprint density at radius 1 is 0.451 bits per heavy atom. The van der Waals surface area contributed by atoms with Gasteiger partial charge >= 0.3 is 11.9 Å². The Labute approximate surface area is 608 Å². The number of phenols is 1. The van der Waals surface area contributed by atoms with E-state index in [-0.39, 0.29) is 35.8 Å². The Hall–Kier alpha value is -8.71. The fourth-order valence-corrected chi connectivity index (χ4v) is 10.2. The fourth-order valence-electron chi connectivity index (χ4n) is 9.16. The molecule has 1 saturated heterocycles. The third-order valence-corrected chi connectivity index (χ3v) is 16.9. The summed E-state index contributed by atoms with van der Waals surface area (Å²) in [5, 5.41) is 87.2. The highest BCUT2D eigenvalue weighted by atomic mass is 32.1. The summed E-state index contributed by atoms with van der Waals surface area (Å²) in [5.41, 5.74) is 0.389. The van der Waals surface area contributed by atoms with E-state index in [0.29, 0.717) is 18.5 Å². The zero-order valence-electron chi connectivity index (χ0n) is 56.9. The summed E-state index contributed by atoms with van der Waals surface area (Å²) in [4.78, 5) is 222. The molecule has 21 N–H and O–H groups in total. The highest BCUT2D eigenvalue weighted by molar-refractivity contribution is 7.80. The van der Waals surface area contributed by atoms with Gasteiger partial charge < -0.3 is 111 Å². The minimum Gasteiger partial charge on any atom is -0.508 e. The monoisotopic (exact) mass is 1520 g/mol. The molecule has 0 spiro atoms. The largest absolute Gasteiger partial charge is 0.508 e. The predicted octanol–water partition coefficient (Wildman–Crippen LogP) is -8.61. The van der Waals surface area contributed by atoms with Crippen LogP contribution in [0.4, 0.5) is 0 Å². The molecule has 15 amide bonds. The Morgan fingerprint density at radius 2 is 0.833 bits per heavy atom. The van der Waals surface area contributed by atoms with Crippen molar-refractivity contribution < 1.29 is 107 Å². The maximum absolute atomic E-state index is 13.9. The van der Waals surface area contributed by atoms with Crippen LogP contribution in [0.1, 0.15) is 86.1 Å². The molecule has 102 heavy (non-hydrogen) atoms. The van der Waals surface area contributed by atoms with Gasteiger partial charge in [-0.1, -0.05) is 32.4 Å². The minimum atomic E-state index is -1.69. The first-order valence-corrected chi connectivity index (χ1v) is 34.6. The van der Waals surface area contributed by atoms with E-state index < -0.39 is 235 Å². The highest BCUT2D eigenvalue weighted by Crippen LogP contribution is 2.14. The van der Waals surface area contributed by atoms with E-state index in [4.69, 9.17) is 5.11 Å². The van der Waals surface area contributed by atoms with Crippen LogP contribution in [0.25, 0.3) is 0 Å². The molecule has 1 aromatic rings. The summed E-state index contributed by atoms with van der Waals surface area (Å²) in [6.07, 6.45) is -3.03. The maximum Gasteiger partial charge on any atom is 0.327 e. The van der Waals surface area contributed by atoms with Crippen LogP contribution in [0.3, 0.4) is 0 Å². The van der Waals surface area contributed by atoms with Gasteiger partial charge in [0.2, 0.25) is 88.6 Å². The fraction of sp³-hybridized carbons (Fsp3) is 0.617. The highest BCUT2D eigenvalue weighted by Gasteiger charge is 2.37. The maximum atomic E-state index is 13.9. The normalized spacial score (nSPS) is 16.9. The van der Waals surface area contributed by atoms with Crippen LogP contribution >= 0.6 is 50.5 Å². The molecule has 0 bridgehead atoms. The number of carboxylic acid groups (broad SMARTS) is 2. The first-order valence-electron chi connectivity index (χ1n) is 32.1. The molecule has 38 nitrogen and oxygen atoms in total. The molecule has 0 radical (unpaired) electrons. The molecule has 1 heterocycles. The molecule has 1 fully saturated rings. The van der Waals surface area contributed by atoms with Gasteiger partial charge in [0.15, 0.2) is 0 Å². The number of amides is 15. The first kappa shape index (κ1) is 89.4. The number of carboxylic acids is 2. The van der Waals surface area contributed by atoms with E-state index in [1.807, 2.05) is 0 Å². The van der Waals surface area contributed by atoms with Crippen molar-refractivity contribution in [3.63, 3.8) is 0 Å². The van der Waals surface area contributed by atoms with Gasteiger partial charge in [-0.2, -0.15) is 50.5 Å². The number of aliphatic carboxylic acids is 2. The number of hydrogen-bond acceptors (Lipinski definition) is 25. The molecule has 42 heteroatoms. The standard InChI is InChI=1S/C60H94N16O22S4/c1-8-26(2)45(75-52(89)35(15-16-44(83)84)70-55(92)38(23-100)73-59(96)47(31(7)78)74-43(82)21-62-51(88)34-10-9-17-61-34)57(94)63-19-41(80)68-37(22-99)54(91)67-29(5)49(86)71-36(18-32-11-13-33(79)14-12-32)53(90)66-27(3)48(85)65-28(4)50(87)72-39(24-101)56(93)76-46(30(6)77)58(95)64-20-42(81)69-40(25-102)60(97)98/h11-14,26-31,34-40,45-47,61,77-79,99-102H,8-10,15-25H2,1-7H3,(H,62,88)(H,63,94)(H,64,95)(H,65,85)(H,66,90)(H,67,91)(H,68,80)(H,69,81)(H,70,92)(H,71,86)(H,72,87)(H,73,96)(H,74,82)(H,75,89)(H,76,93)(H,83,84)(H,97,98)/t26-,27-,28-,29-,30+,31+,34-,35-,36-,37-,38-,39-,40-,45-,46-,47-/m0/s1. The van der Waals surface area contributed by atoms with Gasteiger partial charge in [0, 0.05) is 35.9 Å². The molecule has 0 aromatic heterocycles. The lowest BCUT2D eigenvalue weighted by atomic mass is 9.97. The second-order valence-electron chi connectivity index (χ2n) is 23.7. The van der Waals surface area contributed by atoms with Gasteiger partial charge in [-0.15, -0.1) is 0 Å². The molecule has 0 aliphatic carbocycles. The van der Waals surface area contributed by atoms with E-state index in [1.54, 1.807) is 13.8 Å². The van der Waals surface area contributed by atoms with Gasteiger partial charge in [0.25, 0.3) is 0 Å². The van der Waals surface area contributed by atoms with Crippen LogP contribution in [0.15, 0.2) is 24.3 Å². The molecular weight excluding hydrogens is 1430 g/mol. The topological polar surface area (TPSA) is 584 Å². The van der Waals surface area contributed by atoms with Crippen molar-refractivity contribution in [3.8, 4) is 5.75 Å². The minimum absolute atomic E-state index is 0.142. The van der Waals surface area contributed by atoms with Crippen LogP contribution in [-0.4, -0.2) is 266 Å². The third-order valence-electron chi connectivity index (χ3n) is 15.4. The van der Waals surface area contributed by atoms with Crippen molar-refractivity contribution in [2.45, 2.75) is 178 Å². The molecule has 0 saturated carbocycles. The molecule has 1 aliphatic rings. The van der Waals surface area contributed by atoms with Crippen molar-refractivity contribution in [2.24, 2.45) is 5.92 Å². The Bertz CT molecular complexity index is 3130. The average molecular weight is 1520 g/mol. The van der Waals surface area contributed by atoms with E-state index in [0.717, 1.165) is 13.3 Å². The Morgan fingerprint density at radius 3 is 1.30 bits per heavy atom. The lowest BCUT2D eigenvalue weighted by Gasteiger charge is -2.28. The SMILES string of the molecule is CC[C@H](C)[C@H](NC(=O)[C@H](CCC(=O)O)NC(=O)[C@H](CS)NC(=O)[C@@H](NC(=O)CNC(=O)[C@@H]1CCCN1)[C@@H](C)O)C(=O)NCC(=O)N[C@@H](CS)C(=O)N[C@@H](C)C(=O)N[C@@H](Cc1ccc(O)cc1)C(=O)N[C@@H](C)C(=O)N[C@@H](C)C(=O)N[C@@H](CS)C(=O)N[C@H](C(=O)NCC(=O)N[C@@H](CS)C(=O)O)[C@@H](C)O. The lowest BCUT2D eigenvalue weighted by molar-refractivity contribution is -0.141. The summed E-state index contributed by atoms with van der Waals surface area (Å²) in [5.74, 6) is -19.3. The van der Waals surface area contributed by atoms with Crippen LogP contribution in [0.2, 0.25) is 0 Å². The lowest BCUT2D eigenvalue weighted by Crippen LogP contribution is -2.61. The van der Waals surface area contributed by atoms with Gasteiger partial charge in [-0.3, -0.25) is 76.7 Å². The molecular formula is C60H94N16O22S4. The van der Waals surface area contributed by atoms with E-state index >= 15 is 0 Å². The Balaban J connectivity index is 2.12. The quantitative estimate of drug-likeness (QED) is 0.0270. The number of carbonyl (C=O) groups is 17. The van der Waals surface area contributed by atoms with E-state index in [2.05, 4.69) is 136 Å². The number of thiol groups is 4. The van der Waals surface area contributed by atoms with Crippen LogP contribution in [-0.2, 0) is 87.9 Å². The number of hydrogen-bond donors (Lipinski definition) is 25. The number of aromatic hydroxyl groups is 1. The number of benzene rings is 1. The van der Waals surface area contributed by atoms with Crippen molar-refractivity contribution in [1.29, 1.82) is 0 Å². The zero-order valence-corrected chi connectivity index (χ0v) is 60.5. The number of nitrogens with one attached hydrogen (secondary N) is 16. The van der Waals surface area contributed by atoms with Crippen molar-refractivity contribution in [2.75, 3.05) is 49.2 Å². The van der Waals surface area contributed by atoms with Gasteiger partial charge in [0.1, 0.15) is 78.3 Å². The van der Waals surface area contributed by atoms with Crippen LogP contribution in [0.5, 0.6) is 5.75 Å². The zero-order chi connectivity index (χ0) is 77.2. The summed E-state index contributed by atoms with van der Waals surface area (Å²) in [6.45, 7) is 7.68. The van der Waals surface area contributed by atoms with Crippen LogP contribution < -0.4 is 85.1 Å². The average Bonchev–Trinajstić information content (AvgIpc) is 0.990. The summed E-state index contributed by atoms with van der Waals surface area (Å²) < 4.78 is 0. The van der Waals surface area contributed by atoms with Gasteiger partial charge in [-0.05, 0) is 84.0 Å². The molecule has 1 aromatic carbocycles. The summed E-state index contributed by atoms with van der Waals surface area (Å²) in [7, 11) is 0. The Kier molecular flexibility index (Phi) is 39.7. The summed E-state index contributed by atoms with van der Waals surface area (Å²) >= 11 is 16.2. The molecule has 16 atom stereocenters. The molecule has 1 aliphatic heterocycles. The molecule has 0 unspecified atom stereocenters. The molecule has 570 valence electrons. The van der Waals surface area contributed by atoms with E-state index in [1.165, 1.54) is 52.0 Å². The van der Waals surface area contributed by atoms with Gasteiger partial charge in [-0.25, -0.2) is 4.79 Å². The number of carbonyl (C=O) groups excluding carboxylic acids is 15. The smallest absolute Gasteiger partial charge is 0.327 e. The first-order chi connectivity index (χ1) is 47.9. The number of aliphatic hydroxyl groups is 2. The number of aliphatic hydroxyl groups excluding tert-OH is 2. The number of phenolic OH excluding ortho intramolecular Hbond substituents is 1. The van der Waals surface area contributed by atoms with Crippen molar-refractivity contribution >= 4 is 151 Å². The summed E-state index contributed by atoms with van der Waals surface area (Å²) in [6, 6.07) is -13.2. The number of rotatable bonds is 44. The van der Waals surface area contributed by atoms with Crippen molar-refractivity contribution in [3.05, 3.63) is 29.8 Å². The van der Waals surface area contributed by atoms with Gasteiger partial charge in [0.05, 0.1) is 37.9 Å². The second kappa shape index (κ2) is 45.3. The molecule has 2 rings (SSSR count). The predicted molar refractivity (Wildman–Crippen MR) is 375 cm³/mol. The van der Waals surface area contributed by atoms with Crippen LogP contribution in [0, 0.1) is 5.92 Å².